The van der Waals surface area contributed by atoms with Crippen LogP contribution in [0.4, 0.5) is 0 Å². The molecule has 0 aliphatic rings. The van der Waals surface area contributed by atoms with Gasteiger partial charge in [-0.3, -0.25) is 0 Å². The summed E-state index contributed by atoms with van der Waals surface area (Å²) in [4.78, 5) is 1.23. The molecule has 3 nitrogen and oxygen atoms in total. The van der Waals surface area contributed by atoms with Crippen molar-refractivity contribution in [3.63, 3.8) is 0 Å². The minimum Gasteiger partial charge on any atom is -0.508 e. The maximum atomic E-state index is 9.59. The van der Waals surface area contributed by atoms with Crippen molar-refractivity contribution in [2.24, 2.45) is 0 Å². The van der Waals surface area contributed by atoms with Gasteiger partial charge in [0.25, 0.3) is 0 Å². The van der Waals surface area contributed by atoms with E-state index < -0.39 is 0 Å². The Labute approximate surface area is 112 Å². The van der Waals surface area contributed by atoms with Gasteiger partial charge < -0.3 is 15.5 Å². The molecule has 0 spiro atoms. The number of benzene rings is 1. The molecular formula is C12H12BrNO2S. The van der Waals surface area contributed by atoms with E-state index >= 15 is 0 Å². The SMILES string of the molecule is Oc1ccc(CNCc2ccc(Br)s2)c(O)c1. The van der Waals surface area contributed by atoms with Crippen molar-refractivity contribution in [3.8, 4) is 11.5 Å². The van der Waals surface area contributed by atoms with E-state index in [9.17, 15) is 5.11 Å². The Balaban J connectivity index is 1.90. The first-order valence-corrected chi connectivity index (χ1v) is 6.72. The summed E-state index contributed by atoms with van der Waals surface area (Å²) in [6, 6.07) is 8.69. The Morgan fingerprint density at radius 3 is 2.59 bits per heavy atom. The van der Waals surface area contributed by atoms with Gasteiger partial charge in [0, 0.05) is 29.6 Å². The van der Waals surface area contributed by atoms with Gasteiger partial charge >= 0.3 is 0 Å². The predicted molar refractivity (Wildman–Crippen MR) is 72.3 cm³/mol. The number of thiophene rings is 1. The molecular weight excluding hydrogens is 302 g/mol. The number of hydrogen-bond acceptors (Lipinski definition) is 4. The van der Waals surface area contributed by atoms with Crippen LogP contribution in [-0.4, -0.2) is 10.2 Å². The Morgan fingerprint density at radius 1 is 1.12 bits per heavy atom. The highest BCUT2D eigenvalue weighted by molar-refractivity contribution is 9.11. The average molecular weight is 314 g/mol. The first kappa shape index (κ1) is 12.4. The molecule has 0 bridgehead atoms. The second kappa shape index (κ2) is 5.53. The van der Waals surface area contributed by atoms with E-state index in [1.54, 1.807) is 23.5 Å². The predicted octanol–water partition coefficient (Wildman–Crippen LogP) is 3.21. The molecule has 2 rings (SSSR count). The van der Waals surface area contributed by atoms with Crippen LogP contribution in [0.5, 0.6) is 11.5 Å². The van der Waals surface area contributed by atoms with Gasteiger partial charge in [-0.1, -0.05) is 6.07 Å². The van der Waals surface area contributed by atoms with E-state index in [1.165, 1.54) is 10.9 Å². The molecule has 0 saturated carbocycles. The Morgan fingerprint density at radius 2 is 1.94 bits per heavy atom. The van der Waals surface area contributed by atoms with Gasteiger partial charge in [0.05, 0.1) is 3.79 Å². The zero-order valence-electron chi connectivity index (χ0n) is 8.98. The Hall–Kier alpha value is -1.04. The normalized spacial score (nSPS) is 10.6. The van der Waals surface area contributed by atoms with Gasteiger partial charge in [0.1, 0.15) is 11.5 Å². The molecule has 0 amide bonds. The summed E-state index contributed by atoms with van der Waals surface area (Å²) in [5.41, 5.74) is 0.776. The third-order valence-electron chi connectivity index (χ3n) is 2.31. The smallest absolute Gasteiger partial charge is 0.123 e. The highest BCUT2D eigenvalue weighted by atomic mass is 79.9. The first-order valence-electron chi connectivity index (χ1n) is 5.11. The van der Waals surface area contributed by atoms with Gasteiger partial charge in [-0.15, -0.1) is 11.3 Å². The molecule has 0 unspecified atom stereocenters. The molecule has 17 heavy (non-hydrogen) atoms. The fourth-order valence-corrected chi connectivity index (χ4v) is 2.92. The van der Waals surface area contributed by atoms with Crippen LogP contribution >= 0.6 is 27.3 Å². The number of phenols is 2. The summed E-state index contributed by atoms with van der Waals surface area (Å²) in [7, 11) is 0. The van der Waals surface area contributed by atoms with Crippen LogP contribution in [0, 0.1) is 0 Å². The zero-order chi connectivity index (χ0) is 12.3. The van der Waals surface area contributed by atoms with Crippen molar-refractivity contribution in [2.75, 3.05) is 0 Å². The number of rotatable bonds is 4. The molecule has 0 fully saturated rings. The standard InChI is InChI=1S/C12H12BrNO2S/c13-12-4-3-10(17-12)7-14-6-8-1-2-9(15)5-11(8)16/h1-5,14-16H,6-7H2. The van der Waals surface area contributed by atoms with Gasteiger partial charge in [-0.2, -0.15) is 0 Å². The van der Waals surface area contributed by atoms with E-state index in [4.69, 9.17) is 5.11 Å². The van der Waals surface area contributed by atoms with Crippen LogP contribution in [0.25, 0.3) is 0 Å². The number of nitrogens with one attached hydrogen (secondary N) is 1. The molecule has 1 heterocycles. The Kier molecular flexibility index (Phi) is 4.04. The van der Waals surface area contributed by atoms with E-state index in [2.05, 4.69) is 27.3 Å². The van der Waals surface area contributed by atoms with E-state index in [-0.39, 0.29) is 11.5 Å². The Bertz CT molecular complexity index is 513. The number of phenolic OH excluding ortho intramolecular Hbond substituents is 2. The summed E-state index contributed by atoms with van der Waals surface area (Å²) in [6.45, 7) is 1.33. The van der Waals surface area contributed by atoms with E-state index in [1.807, 2.05) is 6.07 Å². The van der Waals surface area contributed by atoms with Gasteiger partial charge in [-0.25, -0.2) is 0 Å². The lowest BCUT2D eigenvalue weighted by atomic mass is 10.2. The topological polar surface area (TPSA) is 52.5 Å². The third-order valence-corrected chi connectivity index (χ3v) is 3.94. The molecule has 90 valence electrons. The lowest BCUT2D eigenvalue weighted by molar-refractivity contribution is 0.444. The quantitative estimate of drug-likeness (QED) is 0.812. The number of hydrogen-bond donors (Lipinski definition) is 3. The van der Waals surface area contributed by atoms with Gasteiger partial charge in [-0.05, 0) is 34.1 Å². The van der Waals surface area contributed by atoms with Crippen molar-refractivity contribution in [1.29, 1.82) is 0 Å². The van der Waals surface area contributed by atoms with Crippen LogP contribution in [0.15, 0.2) is 34.1 Å². The van der Waals surface area contributed by atoms with Crippen molar-refractivity contribution >= 4 is 27.3 Å². The van der Waals surface area contributed by atoms with Gasteiger partial charge in [0.2, 0.25) is 0 Å². The van der Waals surface area contributed by atoms with Crippen LogP contribution in [-0.2, 0) is 13.1 Å². The molecule has 3 N–H and O–H groups in total. The average Bonchev–Trinajstić information content (AvgIpc) is 2.68. The molecule has 0 radical (unpaired) electrons. The lowest BCUT2D eigenvalue weighted by Gasteiger charge is -2.06. The molecule has 0 aliphatic carbocycles. The summed E-state index contributed by atoms with van der Waals surface area (Å²) in [5.74, 6) is 0.193. The molecule has 2 aromatic rings. The molecule has 5 heteroatoms. The highest BCUT2D eigenvalue weighted by Crippen LogP contribution is 2.23. The van der Waals surface area contributed by atoms with Gasteiger partial charge in [0.15, 0.2) is 0 Å². The van der Waals surface area contributed by atoms with Crippen molar-refractivity contribution < 1.29 is 10.2 Å². The van der Waals surface area contributed by atoms with E-state index in [0.717, 1.165) is 15.9 Å². The van der Waals surface area contributed by atoms with E-state index in [0.29, 0.717) is 6.54 Å². The minimum absolute atomic E-state index is 0.0773. The van der Waals surface area contributed by atoms with Crippen molar-refractivity contribution in [2.45, 2.75) is 13.1 Å². The summed E-state index contributed by atoms with van der Waals surface area (Å²) >= 11 is 5.09. The molecule has 0 aliphatic heterocycles. The van der Waals surface area contributed by atoms with Crippen molar-refractivity contribution in [1.82, 2.24) is 5.32 Å². The highest BCUT2D eigenvalue weighted by Gasteiger charge is 2.02. The first-order chi connectivity index (χ1) is 8.15. The minimum atomic E-state index is 0.0773. The lowest BCUT2D eigenvalue weighted by Crippen LogP contribution is -2.11. The van der Waals surface area contributed by atoms with Crippen LogP contribution in [0.2, 0.25) is 0 Å². The fraction of sp³-hybridized carbons (Fsp3) is 0.167. The molecule has 0 atom stereocenters. The van der Waals surface area contributed by atoms with Crippen LogP contribution in [0.1, 0.15) is 10.4 Å². The summed E-state index contributed by atoms with van der Waals surface area (Å²) in [5, 5.41) is 22.0. The second-order valence-electron chi connectivity index (χ2n) is 3.62. The third kappa shape index (κ3) is 3.46. The maximum absolute atomic E-state index is 9.59. The van der Waals surface area contributed by atoms with Crippen LogP contribution in [0.3, 0.4) is 0 Å². The van der Waals surface area contributed by atoms with Crippen molar-refractivity contribution in [3.05, 3.63) is 44.6 Å². The van der Waals surface area contributed by atoms with Crippen LogP contribution < -0.4 is 5.32 Å². The molecule has 1 aromatic heterocycles. The largest absolute Gasteiger partial charge is 0.508 e. The monoisotopic (exact) mass is 313 g/mol. The fourth-order valence-electron chi connectivity index (χ4n) is 1.47. The number of aromatic hydroxyl groups is 2. The second-order valence-corrected chi connectivity index (χ2v) is 6.17. The maximum Gasteiger partial charge on any atom is 0.123 e. The molecule has 0 saturated heterocycles. The summed E-state index contributed by atoms with van der Waals surface area (Å²) < 4.78 is 1.11. The summed E-state index contributed by atoms with van der Waals surface area (Å²) in [6.07, 6.45) is 0. The molecule has 1 aromatic carbocycles. The zero-order valence-corrected chi connectivity index (χ0v) is 11.4. The number of halogens is 1.